The molecule has 3 N–H and O–H groups in total. The van der Waals surface area contributed by atoms with E-state index in [4.69, 9.17) is 5.73 Å². The number of allylic oxidation sites excluding steroid dienone is 2. The Morgan fingerprint density at radius 1 is 1.48 bits per heavy atom. The Balaban J connectivity index is 2.68. The highest BCUT2D eigenvalue weighted by atomic mass is 32.2. The molecule has 0 spiro atoms. The maximum Gasteiger partial charge on any atom is 0.248 e. The first-order valence-electron chi connectivity index (χ1n) is 7.04. The van der Waals surface area contributed by atoms with E-state index < -0.39 is 9.84 Å². The largest absolute Gasteiger partial charge is 0.369 e. The molecule has 0 unspecified atom stereocenters. The fraction of sp³-hybridized carbons (Fsp3) is 0.333. The number of carbonyl (C=O) groups is 1. The fourth-order valence-electron chi connectivity index (χ4n) is 1.65. The number of nitrogens with two attached hydrogens (primary N) is 1. The van der Waals surface area contributed by atoms with Crippen LogP contribution in [-0.4, -0.2) is 36.7 Å². The molecule has 0 saturated carbocycles. The third kappa shape index (κ3) is 6.96. The summed E-state index contributed by atoms with van der Waals surface area (Å²) < 4.78 is 23.5. The van der Waals surface area contributed by atoms with Crippen molar-refractivity contribution in [3.63, 3.8) is 0 Å². The summed E-state index contributed by atoms with van der Waals surface area (Å²) in [5.74, 6) is 0.103. The van der Waals surface area contributed by atoms with Crippen molar-refractivity contribution in [3.8, 4) is 0 Å². The Kier molecular flexibility index (Phi) is 6.77. The molecule has 8 heteroatoms. The van der Waals surface area contributed by atoms with E-state index in [2.05, 4.69) is 10.3 Å². The monoisotopic (exact) mass is 338 g/mol. The van der Waals surface area contributed by atoms with E-state index >= 15 is 0 Å². The van der Waals surface area contributed by atoms with E-state index in [1.807, 2.05) is 6.92 Å². The third-order valence-corrected chi connectivity index (χ3v) is 3.55. The van der Waals surface area contributed by atoms with Crippen LogP contribution < -0.4 is 11.1 Å². The maximum absolute atomic E-state index is 12.2. The number of rotatable bonds is 7. The quantitative estimate of drug-likeness (QED) is 0.576. The molecule has 1 heterocycles. The molecule has 0 saturated heterocycles. The average Bonchev–Trinajstić information content (AvgIpc) is 2.86. The number of nitrogens with one attached hydrogen (secondary N) is 1. The average molecular weight is 338 g/mol. The number of hydrogen-bond donors (Lipinski definition) is 2. The normalized spacial score (nSPS) is 13.5. The number of carbonyl (C=O) groups excluding carboxylic acids is 1. The van der Waals surface area contributed by atoms with Gasteiger partial charge in [-0.05, 0) is 13.3 Å². The van der Waals surface area contributed by atoms with Gasteiger partial charge in [0.2, 0.25) is 11.9 Å². The molecule has 1 aromatic heterocycles. The van der Waals surface area contributed by atoms with Crippen LogP contribution in [0.25, 0.3) is 6.20 Å². The summed E-state index contributed by atoms with van der Waals surface area (Å²) in [5, 5.41) is 3.89. The first-order valence-corrected chi connectivity index (χ1v) is 8.99. The molecule has 0 bridgehead atoms. The van der Waals surface area contributed by atoms with Crippen molar-refractivity contribution in [1.29, 1.82) is 0 Å². The van der Waals surface area contributed by atoms with Crippen molar-refractivity contribution in [2.24, 2.45) is 0 Å². The lowest BCUT2D eigenvalue weighted by atomic mass is 10.2. The number of anilines is 1. The van der Waals surface area contributed by atoms with Gasteiger partial charge in [-0.2, -0.15) is 0 Å². The molecule has 0 fully saturated rings. The highest BCUT2D eigenvalue weighted by molar-refractivity contribution is 7.93. The lowest BCUT2D eigenvalue weighted by Gasteiger charge is -2.08. The Labute approximate surface area is 136 Å². The number of nitrogens with zero attached hydrogens (tertiary/aromatic N) is 2. The summed E-state index contributed by atoms with van der Waals surface area (Å²) in [5.41, 5.74) is 7.06. The van der Waals surface area contributed by atoms with Gasteiger partial charge in [0, 0.05) is 42.4 Å². The first kappa shape index (κ1) is 18.7. The molecule has 0 radical (unpaired) electrons. The van der Waals surface area contributed by atoms with Gasteiger partial charge in [0.15, 0.2) is 9.84 Å². The van der Waals surface area contributed by atoms with Crippen molar-refractivity contribution >= 4 is 27.9 Å². The van der Waals surface area contributed by atoms with Crippen LogP contribution in [0.15, 0.2) is 41.1 Å². The van der Waals surface area contributed by atoms with Crippen LogP contribution >= 0.6 is 0 Å². The van der Waals surface area contributed by atoms with Crippen molar-refractivity contribution in [1.82, 2.24) is 14.9 Å². The molecule has 7 nitrogen and oxygen atoms in total. The smallest absolute Gasteiger partial charge is 0.248 e. The third-order valence-electron chi connectivity index (χ3n) is 2.90. The van der Waals surface area contributed by atoms with Crippen LogP contribution in [0.2, 0.25) is 0 Å². The zero-order valence-corrected chi connectivity index (χ0v) is 14.3. The van der Waals surface area contributed by atoms with E-state index in [1.165, 1.54) is 6.08 Å². The molecule has 0 aliphatic carbocycles. The fourth-order valence-corrected chi connectivity index (χ4v) is 2.01. The summed E-state index contributed by atoms with van der Waals surface area (Å²) in [6.45, 7) is 4.00. The Bertz CT molecular complexity index is 743. The minimum absolute atomic E-state index is 0.208. The van der Waals surface area contributed by atoms with E-state index in [0.717, 1.165) is 17.2 Å². The lowest BCUT2D eigenvalue weighted by Crippen LogP contribution is -2.26. The second kappa shape index (κ2) is 8.33. The minimum Gasteiger partial charge on any atom is -0.369 e. The van der Waals surface area contributed by atoms with Crippen LogP contribution in [0.5, 0.6) is 0 Å². The van der Waals surface area contributed by atoms with Gasteiger partial charge in [-0.25, -0.2) is 13.4 Å². The molecule has 1 amide bonds. The highest BCUT2D eigenvalue weighted by Crippen LogP contribution is 2.07. The minimum atomic E-state index is -3.14. The van der Waals surface area contributed by atoms with Crippen molar-refractivity contribution in [3.05, 3.63) is 41.1 Å². The maximum atomic E-state index is 12.2. The van der Waals surface area contributed by atoms with Crippen molar-refractivity contribution in [2.75, 3.05) is 18.5 Å². The zero-order chi connectivity index (χ0) is 17.5. The zero-order valence-electron chi connectivity index (χ0n) is 13.5. The Hall–Kier alpha value is -2.35. The lowest BCUT2D eigenvalue weighted by molar-refractivity contribution is -0.117. The number of hydrogen-bond acceptors (Lipinski definition) is 5. The number of sulfone groups is 1. The number of aromatic nitrogens is 2. The standard InChI is InChI=1S/C15H22N4O3S/c1-4-13(11-19-8-7-17-15(19)16)14(20)18-10-12(2)6-5-9-23(3,21)22/h5-9,11H,4,10H2,1-3H3,(H2,16,17)(H,18,20)/b9-5+,12-6+,13-11+. The molecule has 1 rings (SSSR count). The summed E-state index contributed by atoms with van der Waals surface area (Å²) in [7, 11) is -3.14. The van der Waals surface area contributed by atoms with Gasteiger partial charge in [0.1, 0.15) is 0 Å². The topological polar surface area (TPSA) is 107 Å². The predicted molar refractivity (Wildman–Crippen MR) is 92.0 cm³/mol. The van der Waals surface area contributed by atoms with E-state index in [9.17, 15) is 13.2 Å². The van der Waals surface area contributed by atoms with Crippen LogP contribution in [0.4, 0.5) is 5.95 Å². The predicted octanol–water partition coefficient (Wildman–Crippen LogP) is 1.34. The van der Waals surface area contributed by atoms with Gasteiger partial charge in [-0.1, -0.05) is 24.6 Å². The van der Waals surface area contributed by atoms with Crippen LogP contribution in [0.1, 0.15) is 20.3 Å². The molecular formula is C15H22N4O3S. The molecule has 1 aromatic rings. The molecule has 0 atom stereocenters. The summed E-state index contributed by atoms with van der Waals surface area (Å²) in [4.78, 5) is 16.0. The van der Waals surface area contributed by atoms with Gasteiger partial charge in [-0.3, -0.25) is 9.36 Å². The van der Waals surface area contributed by atoms with Crippen LogP contribution in [0.3, 0.4) is 0 Å². The van der Waals surface area contributed by atoms with Gasteiger partial charge < -0.3 is 11.1 Å². The number of nitrogen functional groups attached to an aromatic ring is 1. The van der Waals surface area contributed by atoms with Gasteiger partial charge in [0.25, 0.3) is 0 Å². The Morgan fingerprint density at radius 3 is 2.70 bits per heavy atom. The molecular weight excluding hydrogens is 316 g/mol. The van der Waals surface area contributed by atoms with Crippen molar-refractivity contribution in [2.45, 2.75) is 20.3 Å². The van der Waals surface area contributed by atoms with Crippen molar-refractivity contribution < 1.29 is 13.2 Å². The molecule has 23 heavy (non-hydrogen) atoms. The summed E-state index contributed by atoms with van der Waals surface area (Å²) in [6.07, 6.45) is 9.61. The van der Waals surface area contributed by atoms with E-state index in [1.54, 1.807) is 36.2 Å². The number of imidazole rings is 1. The molecule has 0 aliphatic heterocycles. The van der Waals surface area contributed by atoms with E-state index in [-0.39, 0.29) is 5.91 Å². The molecule has 126 valence electrons. The summed E-state index contributed by atoms with van der Waals surface area (Å²) >= 11 is 0. The van der Waals surface area contributed by atoms with Crippen LogP contribution in [-0.2, 0) is 14.6 Å². The van der Waals surface area contributed by atoms with Crippen LogP contribution in [0, 0.1) is 0 Å². The second-order valence-electron chi connectivity index (χ2n) is 5.05. The molecule has 0 aromatic carbocycles. The Morgan fingerprint density at radius 2 is 2.17 bits per heavy atom. The molecule has 0 aliphatic rings. The first-order chi connectivity index (χ1) is 10.7. The second-order valence-corrected chi connectivity index (χ2v) is 6.99. The van der Waals surface area contributed by atoms with Gasteiger partial charge in [0.05, 0.1) is 0 Å². The SMILES string of the molecule is CC/C(=C\n1ccnc1N)C(=O)NC/C(C)=C/C=C/S(C)(=O)=O. The van der Waals surface area contributed by atoms with E-state index in [0.29, 0.717) is 24.5 Å². The van der Waals surface area contributed by atoms with Gasteiger partial charge >= 0.3 is 0 Å². The highest BCUT2D eigenvalue weighted by Gasteiger charge is 2.08. The number of amides is 1. The van der Waals surface area contributed by atoms with Gasteiger partial charge in [-0.15, -0.1) is 0 Å². The summed E-state index contributed by atoms with van der Waals surface area (Å²) in [6, 6.07) is 0.